The molecule has 0 aliphatic carbocycles. The van der Waals surface area contributed by atoms with Crippen molar-refractivity contribution in [3.8, 4) is 0 Å². The number of hydrogen-bond acceptors (Lipinski definition) is 4. The van der Waals surface area contributed by atoms with Crippen molar-refractivity contribution < 1.29 is 23.5 Å². The molecule has 0 spiro atoms. The molecule has 0 bridgehead atoms. The molecule has 0 radical (unpaired) electrons. The monoisotopic (exact) mass is 404 g/mol. The fraction of sp³-hybridized carbons (Fsp3) is 0.250. The highest BCUT2D eigenvalue weighted by Crippen LogP contribution is 2.27. The van der Waals surface area contributed by atoms with Gasteiger partial charge in [-0.2, -0.15) is 0 Å². The second kappa shape index (κ2) is 8.84. The molecule has 8 heteroatoms. The second-order valence-corrected chi connectivity index (χ2v) is 6.80. The molecule has 1 saturated heterocycles. The van der Waals surface area contributed by atoms with E-state index < -0.39 is 30.2 Å². The van der Waals surface area contributed by atoms with Crippen LogP contribution in [-0.2, 0) is 25.7 Å². The summed E-state index contributed by atoms with van der Waals surface area (Å²) in [6, 6.07) is 12.8. The minimum absolute atomic E-state index is 0.0188. The minimum atomic E-state index is -0.740. The van der Waals surface area contributed by atoms with Crippen molar-refractivity contribution in [3.63, 3.8) is 0 Å². The lowest BCUT2D eigenvalue weighted by atomic mass is 10.1. The Bertz CT molecular complexity index is 888. The number of ether oxygens (including phenoxy) is 1. The molecule has 0 aromatic heterocycles. The number of carbonyl (C=O) groups excluding carboxylic acids is 3. The van der Waals surface area contributed by atoms with E-state index in [1.807, 2.05) is 0 Å². The first-order valence-electron chi connectivity index (χ1n) is 8.66. The average Bonchev–Trinajstić information content (AvgIpc) is 3.07. The van der Waals surface area contributed by atoms with Gasteiger partial charge in [-0.25, -0.2) is 4.39 Å². The van der Waals surface area contributed by atoms with E-state index in [2.05, 4.69) is 5.32 Å². The summed E-state index contributed by atoms with van der Waals surface area (Å²) in [4.78, 5) is 37.4. The number of hydrogen-bond donors (Lipinski definition) is 1. The average molecular weight is 405 g/mol. The molecule has 1 fully saturated rings. The number of nitrogens with one attached hydrogen (secondary N) is 1. The Balaban J connectivity index is 1.47. The highest BCUT2D eigenvalue weighted by atomic mass is 35.5. The fourth-order valence-corrected chi connectivity index (χ4v) is 3.00. The van der Waals surface area contributed by atoms with Gasteiger partial charge in [0.25, 0.3) is 5.91 Å². The lowest BCUT2D eigenvalue weighted by Gasteiger charge is -2.17. The second-order valence-electron chi connectivity index (χ2n) is 6.37. The number of nitrogens with zero attached hydrogens (tertiary/aromatic N) is 1. The van der Waals surface area contributed by atoms with Gasteiger partial charge in [-0.15, -0.1) is 0 Å². The topological polar surface area (TPSA) is 75.7 Å². The predicted octanol–water partition coefficient (Wildman–Crippen LogP) is 2.69. The van der Waals surface area contributed by atoms with Crippen molar-refractivity contribution in [3.05, 3.63) is 64.9 Å². The number of rotatable bonds is 6. The number of carbonyl (C=O) groups is 3. The van der Waals surface area contributed by atoms with Gasteiger partial charge in [0, 0.05) is 24.5 Å². The molecule has 3 rings (SSSR count). The Morgan fingerprint density at radius 2 is 1.89 bits per heavy atom. The van der Waals surface area contributed by atoms with Crippen LogP contribution in [0.5, 0.6) is 0 Å². The normalized spacial score (nSPS) is 16.1. The highest BCUT2D eigenvalue weighted by Gasteiger charge is 2.37. The molecule has 0 saturated carbocycles. The third-order valence-electron chi connectivity index (χ3n) is 4.35. The van der Waals surface area contributed by atoms with Gasteiger partial charge in [-0.1, -0.05) is 35.9 Å². The molecular formula is C20H18ClFN2O4. The van der Waals surface area contributed by atoms with Crippen LogP contribution in [0.15, 0.2) is 48.5 Å². The summed E-state index contributed by atoms with van der Waals surface area (Å²) in [5.74, 6) is -2.76. The molecule has 146 valence electrons. The molecule has 6 nitrogen and oxygen atoms in total. The van der Waals surface area contributed by atoms with E-state index in [-0.39, 0.29) is 31.1 Å². The van der Waals surface area contributed by atoms with Gasteiger partial charge in [-0.05, 0) is 29.8 Å². The molecule has 28 heavy (non-hydrogen) atoms. The van der Waals surface area contributed by atoms with Gasteiger partial charge in [0.15, 0.2) is 6.61 Å². The van der Waals surface area contributed by atoms with Crippen LogP contribution in [0.25, 0.3) is 0 Å². The fourth-order valence-electron chi connectivity index (χ4n) is 2.88. The van der Waals surface area contributed by atoms with Gasteiger partial charge in [0.05, 0.1) is 11.6 Å². The summed E-state index contributed by atoms with van der Waals surface area (Å²) >= 11 is 5.80. The maximum Gasteiger partial charge on any atom is 0.311 e. The number of para-hydroxylation sites is 1. The van der Waals surface area contributed by atoms with Crippen LogP contribution in [-0.4, -0.2) is 30.9 Å². The van der Waals surface area contributed by atoms with E-state index in [4.69, 9.17) is 16.3 Å². The molecule has 1 aliphatic heterocycles. The quantitative estimate of drug-likeness (QED) is 0.751. The van der Waals surface area contributed by atoms with E-state index in [0.717, 1.165) is 5.56 Å². The maximum atomic E-state index is 13.9. The van der Waals surface area contributed by atoms with Crippen LogP contribution in [0.2, 0.25) is 5.02 Å². The smallest absolute Gasteiger partial charge is 0.311 e. The first-order chi connectivity index (χ1) is 13.4. The van der Waals surface area contributed by atoms with Crippen LogP contribution in [0.1, 0.15) is 12.0 Å². The molecule has 2 aromatic rings. The molecule has 0 unspecified atom stereocenters. The maximum absolute atomic E-state index is 13.9. The van der Waals surface area contributed by atoms with Gasteiger partial charge in [0.1, 0.15) is 5.82 Å². The van der Waals surface area contributed by atoms with Crippen molar-refractivity contribution in [1.82, 2.24) is 5.32 Å². The molecule has 1 heterocycles. The molecule has 2 aromatic carbocycles. The summed E-state index contributed by atoms with van der Waals surface area (Å²) in [7, 11) is 0. The van der Waals surface area contributed by atoms with E-state index >= 15 is 0 Å². The van der Waals surface area contributed by atoms with Crippen LogP contribution >= 0.6 is 11.6 Å². The minimum Gasteiger partial charge on any atom is -0.455 e. The van der Waals surface area contributed by atoms with Crippen LogP contribution in [0, 0.1) is 11.7 Å². The SMILES string of the molecule is O=C(COC(=O)[C@H]1CC(=O)N(c2ccccc2F)C1)NCc1ccc(Cl)cc1. The van der Waals surface area contributed by atoms with Gasteiger partial charge in [0.2, 0.25) is 5.91 Å². The first-order valence-corrected chi connectivity index (χ1v) is 9.04. The highest BCUT2D eigenvalue weighted by molar-refractivity contribution is 6.30. The van der Waals surface area contributed by atoms with Crippen molar-refractivity contribution in [1.29, 1.82) is 0 Å². The van der Waals surface area contributed by atoms with Crippen molar-refractivity contribution >= 4 is 35.1 Å². The van der Waals surface area contributed by atoms with Crippen LogP contribution in [0.4, 0.5) is 10.1 Å². The molecule has 2 amide bonds. The zero-order valence-corrected chi connectivity index (χ0v) is 15.6. The number of halogens is 2. The zero-order chi connectivity index (χ0) is 20.1. The molecular weight excluding hydrogens is 387 g/mol. The number of anilines is 1. The number of esters is 1. The van der Waals surface area contributed by atoms with Crippen molar-refractivity contribution in [2.24, 2.45) is 5.92 Å². The van der Waals surface area contributed by atoms with E-state index in [1.165, 1.54) is 23.1 Å². The van der Waals surface area contributed by atoms with E-state index in [1.54, 1.807) is 30.3 Å². The van der Waals surface area contributed by atoms with E-state index in [0.29, 0.717) is 5.02 Å². The largest absolute Gasteiger partial charge is 0.455 e. The third kappa shape index (κ3) is 4.86. The Morgan fingerprint density at radius 3 is 2.61 bits per heavy atom. The molecule has 1 N–H and O–H groups in total. The van der Waals surface area contributed by atoms with Crippen LogP contribution < -0.4 is 10.2 Å². The summed E-state index contributed by atoms with van der Waals surface area (Å²) in [5.41, 5.74) is 0.981. The summed E-state index contributed by atoms with van der Waals surface area (Å²) in [5, 5.41) is 3.23. The predicted molar refractivity (Wildman–Crippen MR) is 101 cm³/mol. The molecule has 1 aliphatic rings. The zero-order valence-electron chi connectivity index (χ0n) is 14.9. The van der Waals surface area contributed by atoms with Gasteiger partial charge in [-0.3, -0.25) is 14.4 Å². The standard InChI is InChI=1S/C20H18ClFN2O4/c21-15-7-5-13(6-8-15)10-23-18(25)12-28-20(27)14-9-19(26)24(11-14)17-4-2-1-3-16(17)22/h1-8,14H,9-12H2,(H,23,25)/t14-/m0/s1. The van der Waals surface area contributed by atoms with E-state index in [9.17, 15) is 18.8 Å². The van der Waals surface area contributed by atoms with Crippen LogP contribution in [0.3, 0.4) is 0 Å². The van der Waals surface area contributed by atoms with Crippen molar-refractivity contribution in [2.75, 3.05) is 18.1 Å². The Hall–Kier alpha value is -2.93. The molecule has 1 atom stereocenters. The number of benzene rings is 2. The van der Waals surface area contributed by atoms with Gasteiger partial charge < -0.3 is 15.0 Å². The lowest BCUT2D eigenvalue weighted by molar-refractivity contribution is -0.152. The Morgan fingerprint density at radius 1 is 1.18 bits per heavy atom. The Kier molecular flexibility index (Phi) is 6.26. The third-order valence-corrected chi connectivity index (χ3v) is 4.60. The first kappa shape index (κ1) is 19.8. The summed E-state index contributed by atoms with van der Waals surface area (Å²) < 4.78 is 18.9. The Labute approximate surface area is 166 Å². The van der Waals surface area contributed by atoms with Crippen molar-refractivity contribution in [2.45, 2.75) is 13.0 Å². The summed E-state index contributed by atoms with van der Waals surface area (Å²) in [6.07, 6.45) is -0.0838. The number of amides is 2. The summed E-state index contributed by atoms with van der Waals surface area (Å²) in [6.45, 7) is -0.154. The van der Waals surface area contributed by atoms with Gasteiger partial charge >= 0.3 is 5.97 Å². The lowest BCUT2D eigenvalue weighted by Crippen LogP contribution is -2.31.